The third kappa shape index (κ3) is 4.98. The Morgan fingerprint density at radius 3 is 2.00 bits per heavy atom. The van der Waals surface area contributed by atoms with Crippen LogP contribution in [0, 0.1) is 17.8 Å². The lowest BCUT2D eigenvalue weighted by atomic mass is 9.67. The minimum absolute atomic E-state index is 0.248. The third-order valence-corrected chi connectivity index (χ3v) is 6.62. The van der Waals surface area contributed by atoms with Crippen LogP contribution in [-0.2, 0) is 4.74 Å². The van der Waals surface area contributed by atoms with E-state index in [1.807, 2.05) is 0 Å². The molecular formula is C21H40O. The molecule has 0 aromatic rings. The number of ether oxygens (including phenoxy) is 1. The fourth-order valence-electron chi connectivity index (χ4n) is 5.31. The predicted octanol–water partition coefficient (Wildman–Crippen LogP) is 6.75. The smallest absolute Gasteiger partial charge is 0.0682 e. The molecule has 0 aliphatic heterocycles. The summed E-state index contributed by atoms with van der Waals surface area (Å²) in [6.45, 7) is 7.70. The van der Waals surface area contributed by atoms with Gasteiger partial charge in [-0.15, -0.1) is 0 Å². The lowest BCUT2D eigenvalue weighted by Gasteiger charge is -2.43. The Hall–Kier alpha value is -0.0400. The van der Waals surface area contributed by atoms with E-state index in [-0.39, 0.29) is 5.60 Å². The molecule has 0 atom stereocenters. The van der Waals surface area contributed by atoms with Gasteiger partial charge in [-0.1, -0.05) is 52.4 Å². The largest absolute Gasteiger partial charge is 0.375 e. The molecule has 0 bridgehead atoms. The molecule has 2 aliphatic rings. The molecule has 0 aromatic carbocycles. The first-order valence-electron chi connectivity index (χ1n) is 10.4. The van der Waals surface area contributed by atoms with Crippen LogP contribution in [0.4, 0.5) is 0 Å². The maximum atomic E-state index is 6.21. The fourth-order valence-corrected chi connectivity index (χ4v) is 5.31. The van der Waals surface area contributed by atoms with Crippen LogP contribution in [0.25, 0.3) is 0 Å². The van der Waals surface area contributed by atoms with Gasteiger partial charge < -0.3 is 4.74 Å². The maximum Gasteiger partial charge on any atom is 0.0682 e. The maximum absolute atomic E-state index is 6.21. The number of rotatable bonds is 8. The quantitative estimate of drug-likeness (QED) is 0.482. The topological polar surface area (TPSA) is 9.23 Å². The highest BCUT2D eigenvalue weighted by Crippen LogP contribution is 2.45. The summed E-state index contributed by atoms with van der Waals surface area (Å²) < 4.78 is 6.21. The molecule has 0 radical (unpaired) electrons. The molecule has 1 heteroatoms. The van der Waals surface area contributed by atoms with Gasteiger partial charge in [-0.3, -0.25) is 0 Å². The van der Waals surface area contributed by atoms with Crippen molar-refractivity contribution in [2.24, 2.45) is 17.8 Å². The second kappa shape index (κ2) is 9.30. The van der Waals surface area contributed by atoms with Gasteiger partial charge in [0.25, 0.3) is 0 Å². The van der Waals surface area contributed by atoms with Crippen molar-refractivity contribution in [3.63, 3.8) is 0 Å². The first-order valence-corrected chi connectivity index (χ1v) is 10.4. The van der Waals surface area contributed by atoms with Gasteiger partial charge in [0.1, 0.15) is 0 Å². The number of hydrogen-bond donors (Lipinski definition) is 0. The highest BCUT2D eigenvalue weighted by atomic mass is 16.5. The average Bonchev–Trinajstić information content (AvgIpc) is 2.55. The molecule has 0 amide bonds. The van der Waals surface area contributed by atoms with E-state index < -0.39 is 0 Å². The number of unbranched alkanes of at least 4 members (excludes halogenated alkanes) is 1. The molecular weight excluding hydrogens is 268 g/mol. The van der Waals surface area contributed by atoms with Crippen LogP contribution in [0.3, 0.4) is 0 Å². The zero-order chi connectivity index (χ0) is 15.8. The lowest BCUT2D eigenvalue weighted by molar-refractivity contribution is -0.0846. The van der Waals surface area contributed by atoms with Crippen LogP contribution in [0.2, 0.25) is 0 Å². The van der Waals surface area contributed by atoms with Crippen molar-refractivity contribution in [2.45, 2.75) is 110 Å². The van der Waals surface area contributed by atoms with E-state index in [1.54, 1.807) is 0 Å². The van der Waals surface area contributed by atoms with E-state index in [0.29, 0.717) is 0 Å². The zero-order valence-electron chi connectivity index (χ0n) is 15.5. The van der Waals surface area contributed by atoms with Crippen LogP contribution >= 0.6 is 0 Å². The first-order chi connectivity index (χ1) is 10.7. The second-order valence-electron chi connectivity index (χ2n) is 8.13. The SMILES string of the molecule is CCCCC1CCC(C2CCC(CCC)(OCC)CC2)CC1. The normalized spacial score (nSPS) is 36.4. The van der Waals surface area contributed by atoms with Gasteiger partial charge in [-0.05, 0) is 69.6 Å². The molecule has 22 heavy (non-hydrogen) atoms. The molecule has 0 aromatic heterocycles. The van der Waals surface area contributed by atoms with E-state index in [4.69, 9.17) is 4.74 Å². The van der Waals surface area contributed by atoms with E-state index in [9.17, 15) is 0 Å². The zero-order valence-corrected chi connectivity index (χ0v) is 15.5. The van der Waals surface area contributed by atoms with Gasteiger partial charge in [0.15, 0.2) is 0 Å². The van der Waals surface area contributed by atoms with Crippen LogP contribution < -0.4 is 0 Å². The fraction of sp³-hybridized carbons (Fsp3) is 1.00. The summed E-state index contributed by atoms with van der Waals surface area (Å²) in [5, 5.41) is 0. The Bertz CT molecular complexity index is 274. The summed E-state index contributed by atoms with van der Waals surface area (Å²) in [6.07, 6.45) is 18.5. The van der Waals surface area contributed by atoms with Crippen molar-refractivity contribution in [3.05, 3.63) is 0 Å². The van der Waals surface area contributed by atoms with Gasteiger partial charge in [-0.25, -0.2) is 0 Å². The Balaban J connectivity index is 1.75. The summed E-state index contributed by atoms with van der Waals surface area (Å²) in [6, 6.07) is 0. The Morgan fingerprint density at radius 2 is 1.45 bits per heavy atom. The van der Waals surface area contributed by atoms with Crippen LogP contribution in [0.15, 0.2) is 0 Å². The minimum atomic E-state index is 0.248. The molecule has 2 aliphatic carbocycles. The van der Waals surface area contributed by atoms with Gasteiger partial charge >= 0.3 is 0 Å². The summed E-state index contributed by atoms with van der Waals surface area (Å²) in [5.41, 5.74) is 0.248. The Kier molecular flexibility index (Phi) is 7.74. The van der Waals surface area contributed by atoms with Crippen molar-refractivity contribution in [1.29, 1.82) is 0 Å². The summed E-state index contributed by atoms with van der Waals surface area (Å²) in [4.78, 5) is 0. The highest BCUT2D eigenvalue weighted by molar-refractivity contribution is 4.90. The van der Waals surface area contributed by atoms with E-state index in [2.05, 4.69) is 20.8 Å². The molecule has 2 saturated carbocycles. The van der Waals surface area contributed by atoms with E-state index in [1.165, 1.54) is 83.5 Å². The van der Waals surface area contributed by atoms with Gasteiger partial charge in [-0.2, -0.15) is 0 Å². The van der Waals surface area contributed by atoms with E-state index >= 15 is 0 Å². The molecule has 2 rings (SSSR count). The second-order valence-corrected chi connectivity index (χ2v) is 8.13. The summed E-state index contributed by atoms with van der Waals surface area (Å²) in [7, 11) is 0. The number of hydrogen-bond acceptors (Lipinski definition) is 1. The summed E-state index contributed by atoms with van der Waals surface area (Å²) >= 11 is 0. The Morgan fingerprint density at radius 1 is 0.818 bits per heavy atom. The standard InChI is InChI=1S/C21H40O/c1-4-7-8-18-9-11-19(12-10-18)20-13-16-21(15-5-2,17-14-20)22-6-3/h18-20H,4-17H2,1-3H3. The van der Waals surface area contributed by atoms with Crippen molar-refractivity contribution >= 4 is 0 Å². The monoisotopic (exact) mass is 308 g/mol. The van der Waals surface area contributed by atoms with Crippen molar-refractivity contribution < 1.29 is 4.74 Å². The van der Waals surface area contributed by atoms with Crippen molar-refractivity contribution in [2.75, 3.05) is 6.61 Å². The average molecular weight is 309 g/mol. The van der Waals surface area contributed by atoms with Crippen molar-refractivity contribution in [1.82, 2.24) is 0 Å². The molecule has 0 heterocycles. The van der Waals surface area contributed by atoms with Crippen LogP contribution in [0.1, 0.15) is 104 Å². The molecule has 0 unspecified atom stereocenters. The Labute approximate surface area is 139 Å². The molecule has 130 valence electrons. The van der Waals surface area contributed by atoms with Gasteiger partial charge in [0.05, 0.1) is 5.60 Å². The molecule has 0 spiro atoms. The van der Waals surface area contributed by atoms with Crippen molar-refractivity contribution in [3.8, 4) is 0 Å². The summed E-state index contributed by atoms with van der Waals surface area (Å²) in [5.74, 6) is 3.11. The third-order valence-electron chi connectivity index (χ3n) is 6.62. The molecule has 0 N–H and O–H groups in total. The predicted molar refractivity (Wildman–Crippen MR) is 96.2 cm³/mol. The van der Waals surface area contributed by atoms with Gasteiger partial charge in [0.2, 0.25) is 0 Å². The molecule has 1 nitrogen and oxygen atoms in total. The molecule has 2 fully saturated rings. The minimum Gasteiger partial charge on any atom is -0.375 e. The molecule has 0 saturated heterocycles. The van der Waals surface area contributed by atoms with Crippen LogP contribution in [-0.4, -0.2) is 12.2 Å². The van der Waals surface area contributed by atoms with Crippen LogP contribution in [0.5, 0.6) is 0 Å². The highest BCUT2D eigenvalue weighted by Gasteiger charge is 2.38. The van der Waals surface area contributed by atoms with E-state index in [0.717, 1.165) is 24.4 Å². The van der Waals surface area contributed by atoms with Gasteiger partial charge in [0, 0.05) is 6.61 Å². The first kappa shape index (κ1) is 18.3. The lowest BCUT2D eigenvalue weighted by Crippen LogP contribution is -2.39.